The van der Waals surface area contributed by atoms with E-state index in [1.165, 1.54) is 7.11 Å². The van der Waals surface area contributed by atoms with E-state index in [9.17, 15) is 4.79 Å². The van der Waals surface area contributed by atoms with Crippen LogP contribution in [0.3, 0.4) is 0 Å². The summed E-state index contributed by atoms with van der Waals surface area (Å²) in [5.74, 6) is 1.05. The average molecular weight is 325 g/mol. The Bertz CT molecular complexity index is 886. The highest BCUT2D eigenvalue weighted by molar-refractivity contribution is 5.96. The third-order valence-corrected chi connectivity index (χ3v) is 3.68. The van der Waals surface area contributed by atoms with E-state index >= 15 is 0 Å². The zero-order chi connectivity index (χ0) is 17.1. The average Bonchev–Trinajstić information content (AvgIpc) is 2.92. The highest BCUT2D eigenvalue weighted by Gasteiger charge is 2.19. The molecule has 6 nitrogen and oxygen atoms in total. The van der Waals surface area contributed by atoms with E-state index in [4.69, 9.17) is 14.5 Å². The van der Waals surface area contributed by atoms with Crippen LogP contribution < -0.4 is 10.1 Å². The Balaban J connectivity index is 2.20. The quantitative estimate of drug-likeness (QED) is 0.783. The van der Waals surface area contributed by atoms with Crippen molar-refractivity contribution in [2.75, 3.05) is 26.1 Å². The van der Waals surface area contributed by atoms with Crippen LogP contribution in [-0.4, -0.2) is 36.1 Å². The van der Waals surface area contributed by atoms with Crippen molar-refractivity contribution in [1.29, 1.82) is 0 Å². The number of para-hydroxylation sites is 1. The second kappa shape index (κ2) is 6.72. The van der Waals surface area contributed by atoms with Crippen molar-refractivity contribution < 1.29 is 14.3 Å². The van der Waals surface area contributed by atoms with Gasteiger partial charge < -0.3 is 14.8 Å². The summed E-state index contributed by atoms with van der Waals surface area (Å²) in [6.45, 7) is 1.98. The molecule has 0 unspecified atom stereocenters. The van der Waals surface area contributed by atoms with Crippen molar-refractivity contribution in [3.63, 3.8) is 0 Å². The molecule has 3 rings (SSSR count). The van der Waals surface area contributed by atoms with E-state index < -0.39 is 0 Å². The van der Waals surface area contributed by atoms with Gasteiger partial charge in [0.15, 0.2) is 0 Å². The Hall–Kier alpha value is -2.86. The first-order valence-electron chi connectivity index (χ1n) is 7.55. The zero-order valence-electron chi connectivity index (χ0n) is 13.9. The minimum Gasteiger partial charge on any atom is -0.496 e. The first-order valence-corrected chi connectivity index (χ1v) is 7.55. The Labute approximate surface area is 140 Å². The van der Waals surface area contributed by atoms with Crippen LogP contribution in [0.1, 0.15) is 5.56 Å². The number of pyridine rings is 1. The van der Waals surface area contributed by atoms with E-state index in [1.54, 1.807) is 7.11 Å². The molecule has 6 heteroatoms. The van der Waals surface area contributed by atoms with Crippen LogP contribution in [0.25, 0.3) is 16.9 Å². The van der Waals surface area contributed by atoms with Gasteiger partial charge in [0.25, 0.3) is 5.91 Å². The fourth-order valence-electron chi connectivity index (χ4n) is 2.59. The number of rotatable bonds is 5. The number of hydrogen-bond acceptors (Lipinski definition) is 4. The van der Waals surface area contributed by atoms with Gasteiger partial charge in [-0.2, -0.15) is 0 Å². The lowest BCUT2D eigenvalue weighted by atomic mass is 10.1. The molecule has 0 bridgehead atoms. The minimum absolute atomic E-state index is 0.0234. The van der Waals surface area contributed by atoms with E-state index in [2.05, 4.69) is 5.32 Å². The van der Waals surface area contributed by atoms with E-state index in [0.717, 1.165) is 16.8 Å². The van der Waals surface area contributed by atoms with E-state index in [-0.39, 0.29) is 12.5 Å². The first-order chi connectivity index (χ1) is 11.6. The summed E-state index contributed by atoms with van der Waals surface area (Å²) in [6.07, 6.45) is 1.89. The summed E-state index contributed by atoms with van der Waals surface area (Å²) in [5.41, 5.74) is 3.31. The Morgan fingerprint density at radius 2 is 2.04 bits per heavy atom. The molecule has 0 saturated heterocycles. The van der Waals surface area contributed by atoms with Crippen molar-refractivity contribution in [2.45, 2.75) is 6.92 Å². The number of amides is 1. The number of benzene rings is 1. The lowest BCUT2D eigenvalue weighted by molar-refractivity contribution is -0.119. The monoisotopic (exact) mass is 325 g/mol. The van der Waals surface area contributed by atoms with Gasteiger partial charge in [0, 0.05) is 18.9 Å². The lowest BCUT2D eigenvalue weighted by Crippen LogP contribution is -2.18. The molecule has 0 aliphatic heterocycles. The second-order valence-electron chi connectivity index (χ2n) is 5.42. The summed E-state index contributed by atoms with van der Waals surface area (Å²) in [4.78, 5) is 16.7. The van der Waals surface area contributed by atoms with Gasteiger partial charge in [-0.3, -0.25) is 9.20 Å². The normalized spacial score (nSPS) is 10.8. The van der Waals surface area contributed by atoms with E-state index in [1.807, 2.05) is 53.9 Å². The van der Waals surface area contributed by atoms with Crippen LogP contribution in [0.4, 0.5) is 5.82 Å². The summed E-state index contributed by atoms with van der Waals surface area (Å²) < 4.78 is 12.2. The molecule has 0 fully saturated rings. The van der Waals surface area contributed by atoms with Crippen molar-refractivity contribution in [3.8, 4) is 17.0 Å². The van der Waals surface area contributed by atoms with Crippen molar-refractivity contribution in [3.05, 3.63) is 48.2 Å². The van der Waals surface area contributed by atoms with Crippen LogP contribution in [0.15, 0.2) is 42.6 Å². The van der Waals surface area contributed by atoms with Crippen molar-refractivity contribution >= 4 is 17.4 Å². The third kappa shape index (κ3) is 2.96. The number of aromatic nitrogens is 2. The van der Waals surface area contributed by atoms with Gasteiger partial charge in [0.2, 0.25) is 0 Å². The number of imidazole rings is 1. The van der Waals surface area contributed by atoms with Gasteiger partial charge in [-0.05, 0) is 36.8 Å². The molecule has 0 atom stereocenters. The minimum atomic E-state index is -0.240. The summed E-state index contributed by atoms with van der Waals surface area (Å²) in [6, 6.07) is 11.5. The molecule has 0 radical (unpaired) electrons. The van der Waals surface area contributed by atoms with Gasteiger partial charge in [0.1, 0.15) is 29.5 Å². The van der Waals surface area contributed by atoms with Gasteiger partial charge in [-0.1, -0.05) is 12.1 Å². The van der Waals surface area contributed by atoms with Crippen LogP contribution in [0.5, 0.6) is 5.75 Å². The lowest BCUT2D eigenvalue weighted by Gasteiger charge is -2.10. The largest absolute Gasteiger partial charge is 0.496 e. The number of nitrogens with zero attached hydrogens (tertiary/aromatic N) is 2. The summed E-state index contributed by atoms with van der Waals surface area (Å²) in [5, 5.41) is 2.88. The molecular formula is C18H19N3O3. The predicted octanol–water partition coefficient (Wildman–Crippen LogP) is 2.90. The summed E-state index contributed by atoms with van der Waals surface area (Å²) >= 11 is 0. The Morgan fingerprint density at radius 3 is 2.79 bits per heavy atom. The molecule has 0 spiro atoms. The third-order valence-electron chi connectivity index (χ3n) is 3.68. The zero-order valence-corrected chi connectivity index (χ0v) is 13.9. The van der Waals surface area contributed by atoms with E-state index in [0.29, 0.717) is 17.3 Å². The van der Waals surface area contributed by atoms with Gasteiger partial charge >= 0.3 is 0 Å². The number of fused-ring (bicyclic) bond motifs is 1. The van der Waals surface area contributed by atoms with Gasteiger partial charge in [0.05, 0.1) is 7.11 Å². The van der Waals surface area contributed by atoms with Gasteiger partial charge in [-0.25, -0.2) is 4.98 Å². The van der Waals surface area contributed by atoms with Crippen molar-refractivity contribution in [1.82, 2.24) is 9.38 Å². The maximum absolute atomic E-state index is 12.1. The second-order valence-corrected chi connectivity index (χ2v) is 5.42. The molecule has 124 valence electrons. The predicted molar refractivity (Wildman–Crippen MR) is 92.4 cm³/mol. The molecule has 1 amide bonds. The number of carbonyl (C=O) groups is 1. The standard InChI is InChI=1S/C18H19N3O3/c1-12-8-9-21-15(10-12)19-17(18(21)20-16(22)11-23-2)13-6-4-5-7-14(13)24-3/h4-10H,11H2,1-3H3,(H,20,22). The number of nitrogens with one attached hydrogen (secondary N) is 1. The van der Waals surface area contributed by atoms with Crippen LogP contribution in [0.2, 0.25) is 0 Å². The molecule has 0 saturated carbocycles. The fourth-order valence-corrected chi connectivity index (χ4v) is 2.59. The van der Waals surface area contributed by atoms with Crippen LogP contribution in [0, 0.1) is 6.92 Å². The SMILES string of the molecule is COCC(=O)Nc1c(-c2ccccc2OC)nc2cc(C)ccn12. The summed E-state index contributed by atoms with van der Waals surface area (Å²) in [7, 11) is 3.10. The number of aryl methyl sites for hydroxylation is 1. The molecule has 2 heterocycles. The number of carbonyl (C=O) groups excluding carboxylic acids is 1. The molecule has 24 heavy (non-hydrogen) atoms. The van der Waals surface area contributed by atoms with Crippen LogP contribution >= 0.6 is 0 Å². The molecule has 0 aliphatic rings. The smallest absolute Gasteiger partial charge is 0.251 e. The molecule has 1 aromatic carbocycles. The molecule has 0 aliphatic carbocycles. The number of ether oxygens (including phenoxy) is 2. The highest BCUT2D eigenvalue weighted by Crippen LogP contribution is 2.35. The number of hydrogen-bond donors (Lipinski definition) is 1. The molecule has 2 aromatic heterocycles. The molecule has 1 N–H and O–H groups in total. The van der Waals surface area contributed by atoms with Crippen molar-refractivity contribution in [2.24, 2.45) is 0 Å². The van der Waals surface area contributed by atoms with Gasteiger partial charge in [-0.15, -0.1) is 0 Å². The Kier molecular flexibility index (Phi) is 4.48. The maximum Gasteiger partial charge on any atom is 0.251 e. The number of anilines is 1. The maximum atomic E-state index is 12.1. The number of methoxy groups -OCH3 is 2. The fraction of sp³-hybridized carbons (Fsp3) is 0.222. The highest BCUT2D eigenvalue weighted by atomic mass is 16.5. The Morgan fingerprint density at radius 1 is 1.25 bits per heavy atom. The molecular weight excluding hydrogens is 306 g/mol. The molecule has 3 aromatic rings. The van der Waals surface area contributed by atoms with Crippen LogP contribution in [-0.2, 0) is 9.53 Å². The first kappa shape index (κ1) is 16.0. The topological polar surface area (TPSA) is 64.9 Å².